The molecule has 132 valence electrons. The molecule has 0 radical (unpaired) electrons. The number of amides is 1. The van der Waals surface area contributed by atoms with Crippen molar-refractivity contribution in [1.29, 1.82) is 0 Å². The fourth-order valence-electron chi connectivity index (χ4n) is 3.26. The number of carbonyl (C=O) groups is 1. The summed E-state index contributed by atoms with van der Waals surface area (Å²) in [4.78, 5) is 22.4. The summed E-state index contributed by atoms with van der Waals surface area (Å²) in [5, 5.41) is 1.17. The molecule has 1 unspecified atom stereocenters. The van der Waals surface area contributed by atoms with Crippen LogP contribution in [0.15, 0.2) is 60.9 Å². The van der Waals surface area contributed by atoms with E-state index >= 15 is 0 Å². The molecule has 5 nitrogen and oxygen atoms in total. The van der Waals surface area contributed by atoms with Crippen LogP contribution in [0.2, 0.25) is 0 Å². The van der Waals surface area contributed by atoms with E-state index in [2.05, 4.69) is 28.2 Å². The van der Waals surface area contributed by atoms with Crippen LogP contribution >= 0.6 is 0 Å². The molecule has 3 aromatic heterocycles. The molecule has 0 aliphatic carbocycles. The Morgan fingerprint density at radius 1 is 1.23 bits per heavy atom. The van der Waals surface area contributed by atoms with Gasteiger partial charge in [-0.1, -0.05) is 24.3 Å². The first-order valence-corrected chi connectivity index (χ1v) is 8.88. The van der Waals surface area contributed by atoms with E-state index in [-0.39, 0.29) is 11.9 Å². The van der Waals surface area contributed by atoms with E-state index in [0.29, 0.717) is 12.8 Å². The van der Waals surface area contributed by atoms with Crippen molar-refractivity contribution in [2.75, 3.05) is 7.05 Å². The van der Waals surface area contributed by atoms with Gasteiger partial charge in [0.25, 0.3) is 0 Å². The van der Waals surface area contributed by atoms with E-state index < -0.39 is 0 Å². The number of benzene rings is 1. The molecular weight excluding hydrogens is 324 g/mol. The van der Waals surface area contributed by atoms with E-state index in [1.807, 2.05) is 61.1 Å². The molecule has 4 rings (SSSR count). The van der Waals surface area contributed by atoms with Crippen molar-refractivity contribution >= 4 is 22.5 Å². The van der Waals surface area contributed by atoms with E-state index in [1.165, 1.54) is 5.39 Å². The third-order valence-electron chi connectivity index (χ3n) is 4.98. The molecule has 3 heterocycles. The quantitative estimate of drug-likeness (QED) is 0.594. The minimum Gasteiger partial charge on any atom is -0.357 e. The number of aromatic amines is 1. The summed E-state index contributed by atoms with van der Waals surface area (Å²) >= 11 is 0. The summed E-state index contributed by atoms with van der Waals surface area (Å²) in [5.41, 5.74) is 4.00. The third kappa shape index (κ3) is 3.08. The van der Waals surface area contributed by atoms with Gasteiger partial charge in [-0.2, -0.15) is 0 Å². The molecule has 26 heavy (non-hydrogen) atoms. The second kappa shape index (κ2) is 6.67. The standard InChI is InChI=1S/C21H22N4O/c1-15(19-13-16-7-3-4-8-18(16)23-19)24(2)21(26)11-10-17-14-25-12-6-5-9-20(25)22-17/h3-9,12-15,23H,10-11H2,1-2H3. The van der Waals surface area contributed by atoms with Gasteiger partial charge < -0.3 is 14.3 Å². The number of nitrogens with zero attached hydrogens (tertiary/aromatic N) is 3. The Balaban J connectivity index is 1.43. The maximum Gasteiger partial charge on any atom is 0.223 e. The number of aryl methyl sites for hydroxylation is 1. The molecule has 4 aromatic rings. The highest BCUT2D eigenvalue weighted by Gasteiger charge is 2.19. The third-order valence-corrected chi connectivity index (χ3v) is 4.98. The van der Waals surface area contributed by atoms with Crippen LogP contribution in [0.5, 0.6) is 0 Å². The number of fused-ring (bicyclic) bond motifs is 2. The van der Waals surface area contributed by atoms with Crippen LogP contribution in [0.4, 0.5) is 0 Å². The van der Waals surface area contributed by atoms with E-state index in [4.69, 9.17) is 0 Å². The zero-order valence-electron chi connectivity index (χ0n) is 15.0. The fourth-order valence-corrected chi connectivity index (χ4v) is 3.26. The summed E-state index contributed by atoms with van der Waals surface area (Å²) in [6.45, 7) is 2.05. The summed E-state index contributed by atoms with van der Waals surface area (Å²) in [6, 6.07) is 16.2. The van der Waals surface area contributed by atoms with E-state index in [9.17, 15) is 4.79 Å². The molecule has 0 fully saturated rings. The summed E-state index contributed by atoms with van der Waals surface area (Å²) in [6.07, 6.45) is 5.05. The maximum atomic E-state index is 12.6. The Labute approximate surface area is 152 Å². The Morgan fingerprint density at radius 2 is 2.04 bits per heavy atom. The molecule has 0 spiro atoms. The zero-order valence-corrected chi connectivity index (χ0v) is 15.0. The van der Waals surface area contributed by atoms with Gasteiger partial charge in [-0.05, 0) is 43.0 Å². The van der Waals surface area contributed by atoms with Crippen LogP contribution in [0.1, 0.15) is 30.8 Å². The largest absolute Gasteiger partial charge is 0.357 e. The Morgan fingerprint density at radius 3 is 2.85 bits per heavy atom. The highest BCUT2D eigenvalue weighted by Crippen LogP contribution is 2.23. The number of hydrogen-bond donors (Lipinski definition) is 1. The van der Waals surface area contributed by atoms with Gasteiger partial charge in [-0.25, -0.2) is 4.98 Å². The van der Waals surface area contributed by atoms with Crippen molar-refractivity contribution in [2.24, 2.45) is 0 Å². The summed E-state index contributed by atoms with van der Waals surface area (Å²) in [5.74, 6) is 0.119. The lowest BCUT2D eigenvalue weighted by Gasteiger charge is -2.24. The molecule has 1 aromatic carbocycles. The molecule has 0 saturated heterocycles. The van der Waals surface area contributed by atoms with Gasteiger partial charge in [0, 0.05) is 37.1 Å². The smallest absolute Gasteiger partial charge is 0.223 e. The lowest BCUT2D eigenvalue weighted by molar-refractivity contribution is -0.131. The molecule has 1 atom stereocenters. The van der Waals surface area contributed by atoms with Gasteiger partial charge in [-0.15, -0.1) is 0 Å². The van der Waals surface area contributed by atoms with Crippen molar-refractivity contribution in [3.05, 3.63) is 72.3 Å². The zero-order chi connectivity index (χ0) is 18.1. The van der Waals surface area contributed by atoms with Gasteiger partial charge >= 0.3 is 0 Å². The number of imidazole rings is 1. The number of hydrogen-bond acceptors (Lipinski definition) is 2. The predicted molar refractivity (Wildman–Crippen MR) is 103 cm³/mol. The van der Waals surface area contributed by atoms with E-state index in [0.717, 1.165) is 22.6 Å². The molecule has 0 saturated carbocycles. The highest BCUT2D eigenvalue weighted by molar-refractivity contribution is 5.81. The summed E-state index contributed by atoms with van der Waals surface area (Å²) in [7, 11) is 1.86. The average molecular weight is 346 g/mol. The molecule has 5 heteroatoms. The van der Waals surface area contributed by atoms with Crippen molar-refractivity contribution in [3.8, 4) is 0 Å². The van der Waals surface area contributed by atoms with Crippen LogP contribution in [0, 0.1) is 0 Å². The first-order chi connectivity index (χ1) is 12.6. The van der Waals surface area contributed by atoms with Crippen molar-refractivity contribution in [1.82, 2.24) is 19.3 Å². The second-order valence-corrected chi connectivity index (χ2v) is 6.69. The number of pyridine rings is 1. The van der Waals surface area contributed by atoms with Gasteiger partial charge in [-0.3, -0.25) is 4.79 Å². The molecule has 1 amide bonds. The summed E-state index contributed by atoms with van der Waals surface area (Å²) < 4.78 is 1.98. The minimum absolute atomic E-state index is 0.00373. The van der Waals surface area contributed by atoms with Gasteiger partial charge in [0.1, 0.15) is 5.65 Å². The highest BCUT2D eigenvalue weighted by atomic mass is 16.2. The van der Waals surface area contributed by atoms with Crippen molar-refractivity contribution < 1.29 is 4.79 Å². The number of nitrogens with one attached hydrogen (secondary N) is 1. The Bertz CT molecular complexity index is 996. The maximum absolute atomic E-state index is 12.6. The fraction of sp³-hybridized carbons (Fsp3) is 0.238. The van der Waals surface area contributed by atoms with Crippen LogP contribution in [0.25, 0.3) is 16.6 Å². The monoisotopic (exact) mass is 346 g/mol. The predicted octanol–water partition coefficient (Wildman–Crippen LogP) is 3.97. The first-order valence-electron chi connectivity index (χ1n) is 8.88. The van der Waals surface area contributed by atoms with Crippen LogP contribution < -0.4 is 0 Å². The van der Waals surface area contributed by atoms with Gasteiger partial charge in [0.05, 0.1) is 11.7 Å². The minimum atomic E-state index is -0.00373. The lowest BCUT2D eigenvalue weighted by Crippen LogP contribution is -2.30. The molecule has 0 aliphatic rings. The van der Waals surface area contributed by atoms with Crippen molar-refractivity contribution in [2.45, 2.75) is 25.8 Å². The molecule has 1 N–H and O–H groups in total. The average Bonchev–Trinajstić information content (AvgIpc) is 3.28. The normalized spacial score (nSPS) is 12.5. The topological polar surface area (TPSA) is 53.4 Å². The Kier molecular flexibility index (Phi) is 4.21. The van der Waals surface area contributed by atoms with Crippen molar-refractivity contribution in [3.63, 3.8) is 0 Å². The number of aromatic nitrogens is 3. The first kappa shape index (κ1) is 16.4. The molecule has 0 bridgehead atoms. The number of H-pyrrole nitrogens is 1. The van der Waals surface area contributed by atoms with Gasteiger partial charge in [0.15, 0.2) is 0 Å². The van der Waals surface area contributed by atoms with Crippen LogP contribution in [0.3, 0.4) is 0 Å². The van der Waals surface area contributed by atoms with Crippen LogP contribution in [-0.4, -0.2) is 32.2 Å². The molecule has 0 aliphatic heterocycles. The number of para-hydroxylation sites is 1. The molecular formula is C21H22N4O. The number of carbonyl (C=O) groups excluding carboxylic acids is 1. The number of rotatable bonds is 5. The second-order valence-electron chi connectivity index (χ2n) is 6.69. The Hall–Kier alpha value is -3.08. The SMILES string of the molecule is CC(c1cc2ccccc2[nH]1)N(C)C(=O)CCc1cn2ccccc2n1. The van der Waals surface area contributed by atoms with Gasteiger partial charge in [0.2, 0.25) is 5.91 Å². The lowest BCUT2D eigenvalue weighted by atomic mass is 10.1. The van der Waals surface area contributed by atoms with Crippen LogP contribution in [-0.2, 0) is 11.2 Å². The van der Waals surface area contributed by atoms with E-state index in [1.54, 1.807) is 4.90 Å².